The van der Waals surface area contributed by atoms with Crippen LogP contribution in [0.2, 0.25) is 0 Å². The number of benzene rings is 3. The molecule has 0 radical (unpaired) electrons. The molecule has 3 amide bonds. The Hall–Kier alpha value is -3.90. The number of halogens is 1. The third-order valence-electron chi connectivity index (χ3n) is 5.66. The monoisotopic (exact) mass is 473 g/mol. The number of amides is 3. The maximum Gasteiger partial charge on any atom is 0.283 e. The molecular formula is C27H24ClN3O3. The molecule has 0 aromatic heterocycles. The first-order valence-corrected chi connectivity index (χ1v) is 11.3. The van der Waals surface area contributed by atoms with Crippen LogP contribution in [-0.2, 0) is 16.0 Å². The van der Waals surface area contributed by atoms with Gasteiger partial charge < -0.3 is 10.6 Å². The molecule has 0 fully saturated rings. The van der Waals surface area contributed by atoms with Crippen molar-refractivity contribution in [1.82, 2.24) is 0 Å². The largest absolute Gasteiger partial charge is 0.350 e. The van der Waals surface area contributed by atoms with Crippen LogP contribution in [0.15, 0.2) is 77.5 Å². The minimum Gasteiger partial charge on any atom is -0.350 e. The normalized spacial score (nSPS) is 13.5. The third-order valence-corrected chi connectivity index (χ3v) is 6.01. The number of nitrogens with zero attached hydrogens (tertiary/aromatic N) is 1. The Morgan fingerprint density at radius 3 is 2.44 bits per heavy atom. The van der Waals surface area contributed by atoms with E-state index in [-0.39, 0.29) is 16.6 Å². The van der Waals surface area contributed by atoms with Crippen molar-refractivity contribution < 1.29 is 14.4 Å². The van der Waals surface area contributed by atoms with Gasteiger partial charge >= 0.3 is 0 Å². The summed E-state index contributed by atoms with van der Waals surface area (Å²) < 4.78 is 0. The quantitative estimate of drug-likeness (QED) is 0.460. The van der Waals surface area contributed by atoms with Gasteiger partial charge in [-0.25, -0.2) is 4.90 Å². The molecule has 1 aliphatic heterocycles. The first-order valence-electron chi connectivity index (χ1n) is 10.9. The van der Waals surface area contributed by atoms with Crippen molar-refractivity contribution in [1.29, 1.82) is 0 Å². The first kappa shape index (κ1) is 23.3. The molecule has 0 atom stereocenters. The van der Waals surface area contributed by atoms with Crippen molar-refractivity contribution in [3.63, 3.8) is 0 Å². The van der Waals surface area contributed by atoms with E-state index >= 15 is 0 Å². The number of rotatable bonds is 6. The highest BCUT2D eigenvalue weighted by molar-refractivity contribution is 6.53. The zero-order chi connectivity index (χ0) is 24.4. The van der Waals surface area contributed by atoms with Gasteiger partial charge in [-0.2, -0.15) is 0 Å². The van der Waals surface area contributed by atoms with Gasteiger partial charge in [0, 0.05) is 16.9 Å². The van der Waals surface area contributed by atoms with Crippen LogP contribution in [0.25, 0.3) is 0 Å². The van der Waals surface area contributed by atoms with E-state index in [1.54, 1.807) is 30.3 Å². The van der Waals surface area contributed by atoms with E-state index < -0.39 is 11.8 Å². The van der Waals surface area contributed by atoms with Gasteiger partial charge in [-0.1, -0.05) is 60.5 Å². The Bertz CT molecular complexity index is 1350. The molecule has 172 valence electrons. The first-order chi connectivity index (χ1) is 16.3. The molecule has 0 saturated heterocycles. The molecule has 0 bridgehead atoms. The van der Waals surface area contributed by atoms with Gasteiger partial charge in [-0.05, 0) is 61.7 Å². The van der Waals surface area contributed by atoms with Gasteiger partial charge in [0.15, 0.2) is 0 Å². The van der Waals surface area contributed by atoms with E-state index in [1.165, 1.54) is 0 Å². The molecule has 1 aliphatic rings. The molecule has 1 heterocycles. The van der Waals surface area contributed by atoms with E-state index in [4.69, 9.17) is 11.6 Å². The lowest BCUT2D eigenvalue weighted by atomic mass is 10.1. The number of para-hydroxylation sites is 1. The summed E-state index contributed by atoms with van der Waals surface area (Å²) in [4.78, 5) is 39.8. The van der Waals surface area contributed by atoms with Crippen molar-refractivity contribution in [2.24, 2.45) is 0 Å². The Kier molecular flexibility index (Phi) is 6.52. The van der Waals surface area contributed by atoms with Crippen molar-refractivity contribution in [2.45, 2.75) is 27.2 Å². The van der Waals surface area contributed by atoms with E-state index in [9.17, 15) is 14.4 Å². The predicted molar refractivity (Wildman–Crippen MR) is 135 cm³/mol. The van der Waals surface area contributed by atoms with Crippen molar-refractivity contribution >= 4 is 46.4 Å². The van der Waals surface area contributed by atoms with Crippen LogP contribution in [-0.4, -0.2) is 17.7 Å². The van der Waals surface area contributed by atoms with Crippen molar-refractivity contribution in [3.8, 4) is 0 Å². The summed E-state index contributed by atoms with van der Waals surface area (Å²) >= 11 is 6.27. The Morgan fingerprint density at radius 1 is 0.941 bits per heavy atom. The van der Waals surface area contributed by atoms with E-state index in [2.05, 4.69) is 10.6 Å². The lowest BCUT2D eigenvalue weighted by Gasteiger charge is -2.18. The number of hydrogen-bond donors (Lipinski definition) is 2. The molecule has 0 aliphatic carbocycles. The third kappa shape index (κ3) is 4.45. The van der Waals surface area contributed by atoms with E-state index in [0.717, 1.165) is 33.7 Å². The minimum atomic E-state index is -0.591. The van der Waals surface area contributed by atoms with E-state index in [1.807, 2.05) is 57.2 Å². The van der Waals surface area contributed by atoms with Gasteiger partial charge in [0.05, 0.1) is 5.69 Å². The van der Waals surface area contributed by atoms with Crippen LogP contribution in [0.5, 0.6) is 0 Å². The molecular weight excluding hydrogens is 450 g/mol. The number of aryl methyl sites for hydroxylation is 3. The highest BCUT2D eigenvalue weighted by Gasteiger charge is 2.39. The maximum atomic E-state index is 13.1. The molecule has 34 heavy (non-hydrogen) atoms. The minimum absolute atomic E-state index is 0.0273. The fourth-order valence-electron chi connectivity index (χ4n) is 3.91. The van der Waals surface area contributed by atoms with Gasteiger partial charge in [-0.3, -0.25) is 14.4 Å². The summed E-state index contributed by atoms with van der Waals surface area (Å²) in [5.74, 6) is -1.42. The van der Waals surface area contributed by atoms with Gasteiger partial charge in [0.2, 0.25) is 0 Å². The van der Waals surface area contributed by atoms with Crippen LogP contribution < -0.4 is 15.5 Å². The molecule has 0 spiro atoms. The fraction of sp³-hybridized carbons (Fsp3) is 0.148. The Morgan fingerprint density at radius 2 is 1.71 bits per heavy atom. The van der Waals surface area contributed by atoms with Gasteiger partial charge in [0.1, 0.15) is 10.7 Å². The Labute approximate surface area is 203 Å². The SMILES string of the molecule is CCc1ccccc1NC(=O)c1cccc(NC2=C(Cl)C(=O)N(c3ccc(C)cc3C)C2=O)c1. The van der Waals surface area contributed by atoms with Gasteiger partial charge in [0.25, 0.3) is 17.7 Å². The number of carbonyl (C=O) groups is 3. The fourth-order valence-corrected chi connectivity index (χ4v) is 4.13. The van der Waals surface area contributed by atoms with E-state index in [0.29, 0.717) is 16.9 Å². The zero-order valence-electron chi connectivity index (χ0n) is 19.1. The van der Waals surface area contributed by atoms with Gasteiger partial charge in [-0.15, -0.1) is 0 Å². The molecule has 3 aromatic rings. The molecule has 6 nitrogen and oxygen atoms in total. The number of carbonyl (C=O) groups excluding carboxylic acids is 3. The Balaban J connectivity index is 1.56. The molecule has 3 aromatic carbocycles. The number of hydrogen-bond acceptors (Lipinski definition) is 4. The van der Waals surface area contributed by atoms with Crippen LogP contribution in [0.1, 0.15) is 34.0 Å². The lowest BCUT2D eigenvalue weighted by molar-refractivity contribution is -0.120. The summed E-state index contributed by atoms with van der Waals surface area (Å²) in [5, 5.41) is 5.67. The highest BCUT2D eigenvalue weighted by atomic mass is 35.5. The predicted octanol–water partition coefficient (Wildman–Crippen LogP) is 5.55. The second-order valence-corrected chi connectivity index (χ2v) is 8.47. The lowest BCUT2D eigenvalue weighted by Crippen LogP contribution is -2.32. The molecule has 0 unspecified atom stereocenters. The summed E-state index contributed by atoms with van der Waals surface area (Å²) in [6.45, 7) is 5.79. The zero-order valence-corrected chi connectivity index (χ0v) is 19.9. The summed E-state index contributed by atoms with van der Waals surface area (Å²) in [6, 6.07) is 19.8. The van der Waals surface area contributed by atoms with Crippen LogP contribution >= 0.6 is 11.6 Å². The smallest absolute Gasteiger partial charge is 0.283 e. The number of imide groups is 1. The number of nitrogens with one attached hydrogen (secondary N) is 2. The van der Waals surface area contributed by atoms with Crippen molar-refractivity contribution in [3.05, 3.63) is 99.7 Å². The standard InChI is InChI=1S/C27H24ClN3O3/c1-4-18-8-5-6-11-21(18)30-25(32)19-9-7-10-20(15-19)29-24-23(28)26(33)31(27(24)34)22-13-12-16(2)14-17(22)3/h5-15,29H,4H2,1-3H3,(H,30,32). The van der Waals surface area contributed by atoms with Crippen LogP contribution in [0.4, 0.5) is 17.1 Å². The summed E-state index contributed by atoms with van der Waals surface area (Å²) in [6.07, 6.45) is 0.789. The number of anilines is 3. The van der Waals surface area contributed by atoms with Crippen LogP contribution in [0, 0.1) is 13.8 Å². The average Bonchev–Trinajstić information content (AvgIpc) is 3.03. The van der Waals surface area contributed by atoms with Crippen LogP contribution in [0.3, 0.4) is 0 Å². The second kappa shape index (κ2) is 9.53. The molecule has 2 N–H and O–H groups in total. The molecule has 4 rings (SSSR count). The second-order valence-electron chi connectivity index (χ2n) is 8.10. The average molecular weight is 474 g/mol. The molecule has 7 heteroatoms. The highest BCUT2D eigenvalue weighted by Crippen LogP contribution is 2.32. The summed E-state index contributed by atoms with van der Waals surface area (Å²) in [5.41, 5.74) is 4.92. The topological polar surface area (TPSA) is 78.5 Å². The maximum absolute atomic E-state index is 13.1. The summed E-state index contributed by atoms with van der Waals surface area (Å²) in [7, 11) is 0. The van der Waals surface area contributed by atoms with Crippen molar-refractivity contribution in [2.75, 3.05) is 15.5 Å². The molecule has 0 saturated carbocycles.